The Kier molecular flexibility index (Phi) is 3.26. The molecule has 6 atom stereocenters. The Morgan fingerprint density at radius 3 is 2.76 bits per heavy atom. The maximum Gasteiger partial charge on any atom is 0.139 e. The molecule has 118 valence electrons. The molecule has 4 fully saturated rings. The third kappa shape index (κ3) is 1.90. The Labute approximate surface area is 129 Å². The summed E-state index contributed by atoms with van der Waals surface area (Å²) in [6.07, 6.45) is 9.73. The molecule has 0 spiro atoms. The van der Waals surface area contributed by atoms with E-state index in [2.05, 4.69) is 13.8 Å². The Balaban J connectivity index is 1.65. The van der Waals surface area contributed by atoms with E-state index in [1.165, 1.54) is 38.5 Å². The lowest BCUT2D eigenvalue weighted by Crippen LogP contribution is -2.52. The maximum atomic E-state index is 12.4. The van der Waals surface area contributed by atoms with Gasteiger partial charge in [0.1, 0.15) is 5.78 Å². The highest BCUT2D eigenvalue weighted by Crippen LogP contribution is 2.64. The van der Waals surface area contributed by atoms with Gasteiger partial charge in [-0.05, 0) is 74.0 Å². The van der Waals surface area contributed by atoms with Crippen LogP contribution in [0.3, 0.4) is 0 Å². The summed E-state index contributed by atoms with van der Waals surface area (Å²) in [5, 5.41) is 0. The second-order valence-corrected chi connectivity index (χ2v) is 8.75. The van der Waals surface area contributed by atoms with Crippen LogP contribution in [0.1, 0.15) is 65.2 Å². The molecule has 0 N–H and O–H groups in total. The van der Waals surface area contributed by atoms with Gasteiger partial charge in [-0.15, -0.1) is 0 Å². The molecule has 3 saturated carbocycles. The number of hydrogen-bond donors (Lipinski definition) is 0. The summed E-state index contributed by atoms with van der Waals surface area (Å²) in [7, 11) is 0. The van der Waals surface area contributed by atoms with E-state index in [0.29, 0.717) is 17.1 Å². The minimum absolute atomic E-state index is 0.0333. The Morgan fingerprint density at radius 1 is 1.05 bits per heavy atom. The summed E-state index contributed by atoms with van der Waals surface area (Å²) in [5.41, 5.74) is 0.512. The zero-order chi connectivity index (χ0) is 14.7. The first-order chi connectivity index (χ1) is 10.1. The lowest BCUT2D eigenvalue weighted by Gasteiger charge is -2.57. The highest BCUT2D eigenvalue weighted by atomic mass is 16.5. The lowest BCUT2D eigenvalue weighted by atomic mass is 9.47. The van der Waals surface area contributed by atoms with Gasteiger partial charge in [0, 0.05) is 25.0 Å². The van der Waals surface area contributed by atoms with Crippen LogP contribution in [0.4, 0.5) is 0 Å². The summed E-state index contributed by atoms with van der Waals surface area (Å²) < 4.78 is 5.88. The topological polar surface area (TPSA) is 26.3 Å². The van der Waals surface area contributed by atoms with Gasteiger partial charge in [-0.25, -0.2) is 0 Å². The van der Waals surface area contributed by atoms with Gasteiger partial charge in [-0.3, -0.25) is 4.79 Å². The van der Waals surface area contributed by atoms with Gasteiger partial charge in [0.15, 0.2) is 0 Å². The van der Waals surface area contributed by atoms with Crippen LogP contribution in [-0.2, 0) is 9.53 Å². The van der Waals surface area contributed by atoms with Crippen molar-refractivity contribution in [2.75, 3.05) is 13.2 Å². The van der Waals surface area contributed by atoms with Gasteiger partial charge in [-0.2, -0.15) is 0 Å². The van der Waals surface area contributed by atoms with Crippen LogP contribution >= 0.6 is 0 Å². The quantitative estimate of drug-likeness (QED) is 0.667. The molecule has 0 aromatic heterocycles. The van der Waals surface area contributed by atoms with Crippen LogP contribution in [0.15, 0.2) is 0 Å². The molecule has 0 amide bonds. The standard InChI is InChI=1S/C19H30O2/c1-18-9-3-11-21-12-13(18)4-5-14-15-6-7-17(20)19(15,2)10-8-16(14)18/h13-16H,3-12H2,1-2H3. The number of rotatable bonds is 0. The van der Waals surface area contributed by atoms with Crippen molar-refractivity contribution in [3.8, 4) is 0 Å². The lowest BCUT2D eigenvalue weighted by molar-refractivity contribution is -0.137. The molecule has 2 heteroatoms. The normalized spacial score (nSPS) is 53.5. The number of carbonyl (C=O) groups is 1. The summed E-state index contributed by atoms with van der Waals surface area (Å²) >= 11 is 0. The molecule has 0 radical (unpaired) electrons. The van der Waals surface area contributed by atoms with E-state index >= 15 is 0 Å². The van der Waals surface area contributed by atoms with Crippen molar-refractivity contribution >= 4 is 5.78 Å². The van der Waals surface area contributed by atoms with Crippen LogP contribution in [-0.4, -0.2) is 19.0 Å². The molecule has 0 aromatic rings. The monoisotopic (exact) mass is 290 g/mol. The zero-order valence-electron chi connectivity index (χ0n) is 13.7. The van der Waals surface area contributed by atoms with E-state index in [1.54, 1.807) is 0 Å². The minimum Gasteiger partial charge on any atom is -0.381 e. The van der Waals surface area contributed by atoms with E-state index in [-0.39, 0.29) is 5.41 Å². The van der Waals surface area contributed by atoms with Gasteiger partial charge in [0.2, 0.25) is 0 Å². The number of hydrogen-bond acceptors (Lipinski definition) is 2. The number of carbonyl (C=O) groups excluding carboxylic acids is 1. The van der Waals surface area contributed by atoms with E-state index in [4.69, 9.17) is 4.74 Å². The Morgan fingerprint density at radius 2 is 1.90 bits per heavy atom. The number of ketones is 1. The SMILES string of the molecule is CC12CCC3C(CCC4COCCCC43C)C1CCC2=O. The summed E-state index contributed by atoms with van der Waals surface area (Å²) in [6, 6.07) is 0. The molecular formula is C19H30O2. The minimum atomic E-state index is 0.0333. The molecule has 0 aromatic carbocycles. The van der Waals surface area contributed by atoms with E-state index in [1.807, 2.05) is 0 Å². The van der Waals surface area contributed by atoms with E-state index in [0.717, 1.165) is 43.8 Å². The molecule has 2 nitrogen and oxygen atoms in total. The average molecular weight is 290 g/mol. The molecule has 4 aliphatic rings. The number of Topliss-reactive ketones (excluding diaryl/α,β-unsaturated/α-hetero) is 1. The number of ether oxygens (including phenoxy) is 1. The first-order valence-corrected chi connectivity index (χ1v) is 9.17. The fourth-order valence-electron chi connectivity index (χ4n) is 6.75. The number of fused-ring (bicyclic) bond motifs is 5. The maximum absolute atomic E-state index is 12.4. The highest BCUT2D eigenvalue weighted by Gasteiger charge is 2.59. The van der Waals surface area contributed by atoms with Gasteiger partial charge in [0.05, 0.1) is 0 Å². The second-order valence-electron chi connectivity index (χ2n) is 8.75. The Hall–Kier alpha value is -0.370. The van der Waals surface area contributed by atoms with Crippen molar-refractivity contribution in [3.63, 3.8) is 0 Å². The van der Waals surface area contributed by atoms with Crippen molar-refractivity contribution in [1.82, 2.24) is 0 Å². The van der Waals surface area contributed by atoms with Gasteiger partial charge < -0.3 is 4.74 Å². The molecular weight excluding hydrogens is 260 g/mol. The van der Waals surface area contributed by atoms with E-state index in [9.17, 15) is 4.79 Å². The molecule has 1 heterocycles. The van der Waals surface area contributed by atoms with Crippen LogP contribution in [0, 0.1) is 34.5 Å². The fraction of sp³-hybridized carbons (Fsp3) is 0.947. The van der Waals surface area contributed by atoms with Crippen molar-refractivity contribution in [1.29, 1.82) is 0 Å². The van der Waals surface area contributed by atoms with Gasteiger partial charge >= 0.3 is 0 Å². The smallest absolute Gasteiger partial charge is 0.139 e. The predicted octanol–water partition coefficient (Wildman–Crippen LogP) is 4.22. The zero-order valence-corrected chi connectivity index (χ0v) is 13.7. The molecule has 1 aliphatic heterocycles. The van der Waals surface area contributed by atoms with Crippen molar-refractivity contribution < 1.29 is 9.53 Å². The first kappa shape index (κ1) is 14.2. The molecule has 3 aliphatic carbocycles. The molecule has 6 unspecified atom stereocenters. The summed E-state index contributed by atoms with van der Waals surface area (Å²) in [4.78, 5) is 12.4. The van der Waals surface area contributed by atoms with E-state index < -0.39 is 0 Å². The van der Waals surface area contributed by atoms with Crippen molar-refractivity contribution in [3.05, 3.63) is 0 Å². The molecule has 0 bridgehead atoms. The first-order valence-electron chi connectivity index (χ1n) is 9.17. The van der Waals surface area contributed by atoms with Crippen molar-refractivity contribution in [2.45, 2.75) is 65.2 Å². The summed E-state index contributed by atoms with van der Waals surface area (Å²) in [5.74, 6) is 3.69. The van der Waals surface area contributed by atoms with Crippen LogP contribution in [0.2, 0.25) is 0 Å². The third-order valence-electron chi connectivity index (χ3n) is 8.10. The van der Waals surface area contributed by atoms with Crippen LogP contribution in [0.5, 0.6) is 0 Å². The highest BCUT2D eigenvalue weighted by molar-refractivity contribution is 5.87. The van der Waals surface area contributed by atoms with Crippen LogP contribution in [0.25, 0.3) is 0 Å². The van der Waals surface area contributed by atoms with Gasteiger partial charge in [0.25, 0.3) is 0 Å². The molecule has 4 rings (SSSR count). The predicted molar refractivity (Wildman–Crippen MR) is 82.9 cm³/mol. The Bertz CT molecular complexity index is 445. The van der Waals surface area contributed by atoms with Crippen molar-refractivity contribution in [2.24, 2.45) is 34.5 Å². The molecule has 21 heavy (non-hydrogen) atoms. The second kappa shape index (κ2) is 4.81. The molecule has 1 saturated heterocycles. The average Bonchev–Trinajstić information content (AvgIpc) is 2.65. The third-order valence-corrected chi connectivity index (χ3v) is 8.10. The van der Waals surface area contributed by atoms with Gasteiger partial charge in [-0.1, -0.05) is 13.8 Å². The summed E-state index contributed by atoms with van der Waals surface area (Å²) in [6.45, 7) is 6.79. The largest absolute Gasteiger partial charge is 0.381 e. The fourth-order valence-corrected chi connectivity index (χ4v) is 6.75. The van der Waals surface area contributed by atoms with Crippen LogP contribution < -0.4 is 0 Å².